The Balaban J connectivity index is 0.760. The summed E-state index contributed by atoms with van der Waals surface area (Å²) < 4.78 is 23.8. The largest absolute Gasteiger partial charge is 0.494 e. The van der Waals surface area contributed by atoms with E-state index in [0.29, 0.717) is 68.9 Å². The van der Waals surface area contributed by atoms with Gasteiger partial charge in [0, 0.05) is 38.6 Å². The highest BCUT2D eigenvalue weighted by molar-refractivity contribution is 7.81. The van der Waals surface area contributed by atoms with Crippen LogP contribution in [0.5, 0.6) is 5.75 Å². The van der Waals surface area contributed by atoms with Crippen LogP contribution in [-0.4, -0.2) is 102 Å². The third-order valence-electron chi connectivity index (χ3n) is 12.6. The van der Waals surface area contributed by atoms with Crippen molar-refractivity contribution in [1.29, 1.82) is 5.26 Å². The van der Waals surface area contributed by atoms with Gasteiger partial charge < -0.3 is 34.5 Å². The standard InChI is InChI=1S/C51H62ClN7O7S2/c1-34-44(68-33-55-34)36-15-13-35(14-16-36)30-54-45(61)42-12-10-23-57(42)51(32-66-51)46(49(2,3)4)56-43(60)31-64-26-11-25-63-24-8-7-9-27-65-40-21-19-38(20-22-40)59-48(67)58(47(62)50(59,5)6)39-18-17-37(29-53)41(52)28-39/h13-22,28,33,42,46H,7-12,23-27,30-32H2,1-6H3,(H,54,61)(H,56,60)/t42-,46-,51?/m0/s1. The molecule has 362 valence electrons. The number of nitriles is 1. The van der Waals surface area contributed by atoms with E-state index in [0.717, 1.165) is 65.2 Å². The Morgan fingerprint density at radius 3 is 2.35 bits per heavy atom. The Labute approximate surface area is 414 Å². The molecule has 0 radical (unpaired) electrons. The number of aryl methyl sites for hydroxylation is 1. The van der Waals surface area contributed by atoms with Gasteiger partial charge in [0.25, 0.3) is 5.91 Å². The number of thiocarbonyl (C=S) groups is 1. The van der Waals surface area contributed by atoms with Crippen molar-refractivity contribution < 1.29 is 33.3 Å². The molecule has 0 saturated carbocycles. The van der Waals surface area contributed by atoms with Crippen LogP contribution in [0.4, 0.5) is 11.4 Å². The second-order valence-corrected chi connectivity index (χ2v) is 20.7. The number of hydrogen-bond acceptors (Lipinski definition) is 12. The molecule has 17 heteroatoms. The van der Waals surface area contributed by atoms with E-state index in [4.69, 9.17) is 42.8 Å². The molecule has 0 bridgehead atoms. The zero-order chi connectivity index (χ0) is 48.6. The van der Waals surface area contributed by atoms with Gasteiger partial charge in [0.2, 0.25) is 11.8 Å². The molecule has 4 heterocycles. The summed E-state index contributed by atoms with van der Waals surface area (Å²) in [5, 5.41) is 16.2. The molecule has 3 atom stereocenters. The van der Waals surface area contributed by atoms with E-state index in [2.05, 4.69) is 53.4 Å². The molecular weight excluding hydrogens is 922 g/mol. The zero-order valence-corrected chi connectivity index (χ0v) is 42.2. The number of epoxide rings is 1. The number of hydrogen-bond donors (Lipinski definition) is 2. The predicted molar refractivity (Wildman–Crippen MR) is 269 cm³/mol. The Kier molecular flexibility index (Phi) is 16.6. The highest BCUT2D eigenvalue weighted by Crippen LogP contribution is 2.46. The fourth-order valence-electron chi connectivity index (χ4n) is 9.02. The molecule has 68 heavy (non-hydrogen) atoms. The monoisotopic (exact) mass is 983 g/mol. The lowest BCUT2D eigenvalue weighted by atomic mass is 9.81. The Morgan fingerprint density at radius 1 is 1.00 bits per heavy atom. The predicted octanol–water partition coefficient (Wildman–Crippen LogP) is 8.57. The lowest BCUT2D eigenvalue weighted by Crippen LogP contribution is -2.63. The molecule has 0 aliphatic carbocycles. The molecule has 1 aromatic heterocycles. The van der Waals surface area contributed by atoms with E-state index in [1.165, 1.54) is 4.90 Å². The molecule has 0 spiro atoms. The van der Waals surface area contributed by atoms with Gasteiger partial charge in [0.15, 0.2) is 10.8 Å². The van der Waals surface area contributed by atoms with Crippen LogP contribution in [0.15, 0.2) is 72.2 Å². The van der Waals surface area contributed by atoms with Crippen LogP contribution in [-0.2, 0) is 35.1 Å². The lowest BCUT2D eigenvalue weighted by Gasteiger charge is -2.42. The van der Waals surface area contributed by atoms with Gasteiger partial charge in [-0.2, -0.15) is 5.26 Å². The summed E-state index contributed by atoms with van der Waals surface area (Å²) in [6, 6.07) is 21.9. The summed E-state index contributed by atoms with van der Waals surface area (Å²) in [5.41, 5.74) is 4.54. The highest BCUT2D eigenvalue weighted by Gasteiger charge is 2.63. The molecule has 2 N–H and O–H groups in total. The van der Waals surface area contributed by atoms with Crippen molar-refractivity contribution in [2.24, 2.45) is 5.41 Å². The number of halogens is 1. The molecule has 14 nitrogen and oxygen atoms in total. The van der Waals surface area contributed by atoms with E-state index >= 15 is 0 Å². The van der Waals surface area contributed by atoms with Gasteiger partial charge in [-0.1, -0.05) is 56.6 Å². The number of anilines is 2. The quantitative estimate of drug-likeness (QED) is 0.0439. The van der Waals surface area contributed by atoms with Crippen LogP contribution in [0, 0.1) is 23.7 Å². The minimum absolute atomic E-state index is 0.0327. The first-order valence-electron chi connectivity index (χ1n) is 23.3. The number of thiazole rings is 1. The van der Waals surface area contributed by atoms with E-state index < -0.39 is 11.3 Å². The van der Waals surface area contributed by atoms with E-state index in [9.17, 15) is 19.6 Å². The first-order chi connectivity index (χ1) is 32.5. The summed E-state index contributed by atoms with van der Waals surface area (Å²) in [5.74, 6) is 0.272. The fraction of sp³-hybridized carbons (Fsp3) is 0.490. The maximum Gasteiger partial charge on any atom is 0.259 e. The summed E-state index contributed by atoms with van der Waals surface area (Å²) >= 11 is 13.7. The zero-order valence-electron chi connectivity index (χ0n) is 39.8. The average molecular weight is 985 g/mol. The topological polar surface area (TPSA) is 162 Å². The third kappa shape index (κ3) is 11.7. The van der Waals surface area contributed by atoms with Crippen LogP contribution in [0.2, 0.25) is 5.02 Å². The number of nitrogens with one attached hydrogen (secondary N) is 2. The average Bonchev–Trinajstić information content (AvgIpc) is 3.62. The molecule has 3 saturated heterocycles. The van der Waals surface area contributed by atoms with Crippen LogP contribution < -0.4 is 25.2 Å². The second kappa shape index (κ2) is 22.2. The van der Waals surface area contributed by atoms with Gasteiger partial charge >= 0.3 is 0 Å². The van der Waals surface area contributed by atoms with E-state index in [1.54, 1.807) is 29.5 Å². The van der Waals surface area contributed by atoms with Crippen molar-refractivity contribution in [3.8, 4) is 22.3 Å². The molecule has 7 rings (SSSR count). The number of likely N-dealkylation sites (tertiary alicyclic amines) is 1. The Hall–Kier alpha value is -4.99. The van der Waals surface area contributed by atoms with Gasteiger partial charge in [-0.3, -0.25) is 24.2 Å². The summed E-state index contributed by atoms with van der Waals surface area (Å²) in [4.78, 5) is 51.4. The first kappa shape index (κ1) is 50.9. The maximum atomic E-state index is 13.6. The number of carbonyl (C=O) groups is 3. The number of aromatic nitrogens is 1. The van der Waals surface area contributed by atoms with E-state index in [1.807, 2.05) is 73.6 Å². The van der Waals surface area contributed by atoms with Crippen molar-refractivity contribution in [1.82, 2.24) is 20.5 Å². The molecular formula is C51H62ClN7O7S2. The van der Waals surface area contributed by atoms with Crippen LogP contribution in [0.3, 0.4) is 0 Å². The lowest BCUT2D eigenvalue weighted by molar-refractivity contribution is -0.132. The van der Waals surface area contributed by atoms with Gasteiger partial charge in [-0.15, -0.1) is 11.3 Å². The summed E-state index contributed by atoms with van der Waals surface area (Å²) in [6.45, 7) is 15.5. The van der Waals surface area contributed by atoms with E-state index in [-0.39, 0.29) is 46.8 Å². The minimum Gasteiger partial charge on any atom is -0.494 e. The van der Waals surface area contributed by atoms with Gasteiger partial charge in [-0.25, -0.2) is 4.98 Å². The number of carbonyl (C=O) groups excluding carboxylic acids is 3. The van der Waals surface area contributed by atoms with Crippen molar-refractivity contribution in [2.75, 3.05) is 56.0 Å². The van der Waals surface area contributed by atoms with Crippen LogP contribution >= 0.6 is 35.2 Å². The van der Waals surface area contributed by atoms with Crippen LogP contribution in [0.25, 0.3) is 10.4 Å². The summed E-state index contributed by atoms with van der Waals surface area (Å²) in [7, 11) is 0. The normalized spacial score (nSPS) is 19.5. The fourth-order valence-corrected chi connectivity index (χ4v) is 10.6. The SMILES string of the molecule is Cc1ncsc1-c1ccc(CNC(=O)[C@@H]2CCCN2C2([C@@H](NC(=O)COCCCOCCCCCOc3ccc(N4C(=S)N(c5ccc(C#N)c(Cl)c5)C(=O)C4(C)C)cc3)C(C)(C)C)CO2)cc1. The minimum atomic E-state index is -0.946. The molecule has 3 amide bonds. The number of ether oxygens (including phenoxy) is 4. The number of amides is 3. The number of benzene rings is 3. The molecule has 3 fully saturated rings. The van der Waals surface area contributed by atoms with Gasteiger partial charge in [-0.05, 0) is 131 Å². The van der Waals surface area contributed by atoms with Crippen molar-refractivity contribution in [3.63, 3.8) is 0 Å². The molecule has 3 aliphatic heterocycles. The molecule has 3 aliphatic rings. The number of rotatable bonds is 22. The van der Waals surface area contributed by atoms with Crippen molar-refractivity contribution in [2.45, 2.75) is 110 Å². The smallest absolute Gasteiger partial charge is 0.259 e. The second-order valence-electron chi connectivity index (χ2n) is 19.0. The van der Waals surface area contributed by atoms with Gasteiger partial charge in [0.05, 0.1) is 57.7 Å². The Bertz CT molecular complexity index is 2470. The highest BCUT2D eigenvalue weighted by atomic mass is 35.5. The number of nitrogens with zero attached hydrogens (tertiary/aromatic N) is 5. The summed E-state index contributed by atoms with van der Waals surface area (Å²) in [6.07, 6.45) is 4.95. The van der Waals surface area contributed by atoms with Crippen LogP contribution in [0.1, 0.15) is 90.0 Å². The molecule has 3 aromatic carbocycles. The molecule has 1 unspecified atom stereocenters. The van der Waals surface area contributed by atoms with Gasteiger partial charge in [0.1, 0.15) is 24.0 Å². The maximum absolute atomic E-state index is 13.6. The van der Waals surface area contributed by atoms with Crippen molar-refractivity contribution in [3.05, 3.63) is 94.1 Å². The Morgan fingerprint density at radius 2 is 1.69 bits per heavy atom. The molecule has 4 aromatic rings. The van der Waals surface area contributed by atoms with Crippen molar-refractivity contribution >= 4 is 69.4 Å². The number of unbranched alkanes of at least 4 members (excludes halogenated alkanes) is 2. The first-order valence-corrected chi connectivity index (χ1v) is 25.0. The third-order valence-corrected chi connectivity index (χ3v) is 14.3.